The van der Waals surface area contributed by atoms with Crippen molar-refractivity contribution in [1.29, 1.82) is 0 Å². The fraction of sp³-hybridized carbons (Fsp3) is 0.188. The Labute approximate surface area is 122 Å². The number of aryl methyl sites for hydroxylation is 1. The minimum Gasteiger partial charge on any atom is -0.322 e. The maximum absolute atomic E-state index is 13.4. The Morgan fingerprint density at radius 1 is 1.25 bits per heavy atom. The van der Waals surface area contributed by atoms with Gasteiger partial charge >= 0.3 is 0 Å². The van der Waals surface area contributed by atoms with E-state index < -0.39 is 0 Å². The Balaban J connectivity index is 2.15. The van der Waals surface area contributed by atoms with Gasteiger partial charge in [0.25, 0.3) is 5.91 Å². The molecule has 0 saturated carbocycles. The van der Waals surface area contributed by atoms with E-state index in [1.807, 2.05) is 24.5 Å². The van der Waals surface area contributed by atoms with Crippen LogP contribution in [0.1, 0.15) is 21.5 Å². The van der Waals surface area contributed by atoms with Crippen LogP contribution >= 0.6 is 11.8 Å². The first kappa shape index (κ1) is 14.6. The molecule has 0 spiro atoms. The van der Waals surface area contributed by atoms with Gasteiger partial charge < -0.3 is 5.32 Å². The molecule has 0 aromatic heterocycles. The Hall–Kier alpha value is -1.81. The van der Waals surface area contributed by atoms with Gasteiger partial charge in [0, 0.05) is 17.0 Å². The minimum atomic E-state index is -0.320. The highest BCUT2D eigenvalue weighted by molar-refractivity contribution is 7.97. The molecule has 0 aliphatic rings. The second-order valence-corrected chi connectivity index (χ2v) is 5.42. The van der Waals surface area contributed by atoms with Crippen LogP contribution in [0, 0.1) is 12.7 Å². The van der Waals surface area contributed by atoms with Gasteiger partial charge in [-0.05, 0) is 48.6 Å². The van der Waals surface area contributed by atoms with Crippen LogP contribution in [0.15, 0.2) is 42.5 Å². The molecule has 0 atom stereocenters. The first-order valence-corrected chi connectivity index (χ1v) is 7.65. The smallest absolute Gasteiger partial charge is 0.255 e. The van der Waals surface area contributed by atoms with Crippen LogP contribution in [0.2, 0.25) is 0 Å². The van der Waals surface area contributed by atoms with Crippen molar-refractivity contribution >= 4 is 23.4 Å². The van der Waals surface area contributed by atoms with Gasteiger partial charge in [0.15, 0.2) is 0 Å². The predicted molar refractivity (Wildman–Crippen MR) is 82.8 cm³/mol. The highest BCUT2D eigenvalue weighted by Gasteiger charge is 2.08. The van der Waals surface area contributed by atoms with E-state index >= 15 is 0 Å². The first-order chi connectivity index (χ1) is 9.60. The summed E-state index contributed by atoms with van der Waals surface area (Å²) in [6.45, 7) is 1.69. The molecule has 0 unspecified atom stereocenters. The largest absolute Gasteiger partial charge is 0.322 e. The fourth-order valence-corrected chi connectivity index (χ4v) is 2.36. The molecule has 2 aromatic rings. The summed E-state index contributed by atoms with van der Waals surface area (Å²) < 4.78 is 13.4. The predicted octanol–water partition coefficient (Wildman–Crippen LogP) is 4.25. The molecule has 0 heterocycles. The van der Waals surface area contributed by atoms with Crippen molar-refractivity contribution in [2.45, 2.75) is 12.7 Å². The number of benzene rings is 2. The van der Waals surface area contributed by atoms with Crippen molar-refractivity contribution < 1.29 is 9.18 Å². The summed E-state index contributed by atoms with van der Waals surface area (Å²) in [6.07, 6.45) is 2.02. The number of halogens is 1. The summed E-state index contributed by atoms with van der Waals surface area (Å²) in [5.74, 6) is 0.315. The van der Waals surface area contributed by atoms with E-state index in [2.05, 4.69) is 5.32 Å². The summed E-state index contributed by atoms with van der Waals surface area (Å²) in [7, 11) is 0. The molecular formula is C16H16FNOS. The molecule has 104 valence electrons. The number of carbonyl (C=O) groups excluding carboxylic acids is 1. The molecule has 1 N–H and O–H groups in total. The Kier molecular flexibility index (Phi) is 4.79. The number of hydrogen-bond donors (Lipinski definition) is 1. The molecule has 4 heteroatoms. The molecule has 0 radical (unpaired) electrons. The molecule has 1 amide bonds. The van der Waals surface area contributed by atoms with Gasteiger partial charge in [-0.15, -0.1) is 0 Å². The van der Waals surface area contributed by atoms with Crippen LogP contribution in [0.4, 0.5) is 10.1 Å². The highest BCUT2D eigenvalue weighted by Crippen LogP contribution is 2.16. The molecule has 2 nitrogen and oxygen atoms in total. The second kappa shape index (κ2) is 6.57. The normalized spacial score (nSPS) is 10.3. The molecule has 0 fully saturated rings. The number of rotatable bonds is 4. The Morgan fingerprint density at radius 2 is 2.05 bits per heavy atom. The van der Waals surface area contributed by atoms with Crippen LogP contribution in [-0.2, 0) is 5.75 Å². The summed E-state index contributed by atoms with van der Waals surface area (Å²) in [5.41, 5.74) is 2.70. The topological polar surface area (TPSA) is 29.1 Å². The van der Waals surface area contributed by atoms with Gasteiger partial charge in [0.05, 0.1) is 0 Å². The zero-order chi connectivity index (χ0) is 14.5. The second-order valence-electron chi connectivity index (χ2n) is 4.55. The lowest BCUT2D eigenvalue weighted by Crippen LogP contribution is -2.12. The third-order valence-corrected chi connectivity index (χ3v) is 3.55. The molecule has 0 aliphatic heterocycles. The summed E-state index contributed by atoms with van der Waals surface area (Å²) in [4.78, 5) is 12.1. The van der Waals surface area contributed by atoms with Crippen LogP contribution in [0.25, 0.3) is 0 Å². The third-order valence-electron chi connectivity index (χ3n) is 2.93. The summed E-state index contributed by atoms with van der Waals surface area (Å²) >= 11 is 1.70. The summed E-state index contributed by atoms with van der Waals surface area (Å²) in [6, 6.07) is 12.1. The van der Waals surface area contributed by atoms with E-state index in [0.29, 0.717) is 16.8 Å². The van der Waals surface area contributed by atoms with Crippen molar-refractivity contribution in [2.24, 2.45) is 0 Å². The average Bonchev–Trinajstić information content (AvgIpc) is 2.43. The van der Waals surface area contributed by atoms with Gasteiger partial charge in [-0.3, -0.25) is 4.79 Å². The van der Waals surface area contributed by atoms with Crippen molar-refractivity contribution in [2.75, 3.05) is 11.6 Å². The lowest BCUT2D eigenvalue weighted by atomic mass is 10.1. The van der Waals surface area contributed by atoms with E-state index in [1.165, 1.54) is 6.07 Å². The van der Waals surface area contributed by atoms with Gasteiger partial charge in [-0.25, -0.2) is 4.39 Å². The molecule has 20 heavy (non-hydrogen) atoms. The van der Waals surface area contributed by atoms with E-state index in [4.69, 9.17) is 0 Å². The molecule has 2 rings (SSSR count). The highest BCUT2D eigenvalue weighted by atomic mass is 32.2. The number of carbonyl (C=O) groups is 1. The van der Waals surface area contributed by atoms with Crippen LogP contribution in [0.3, 0.4) is 0 Å². The van der Waals surface area contributed by atoms with Crippen molar-refractivity contribution in [1.82, 2.24) is 0 Å². The van der Waals surface area contributed by atoms with E-state index in [1.54, 1.807) is 36.9 Å². The van der Waals surface area contributed by atoms with Gasteiger partial charge in [-0.1, -0.05) is 18.2 Å². The fourth-order valence-electron chi connectivity index (χ4n) is 1.84. The van der Waals surface area contributed by atoms with Gasteiger partial charge in [0.1, 0.15) is 5.82 Å². The summed E-state index contributed by atoms with van der Waals surface area (Å²) in [5, 5.41) is 2.71. The zero-order valence-electron chi connectivity index (χ0n) is 11.4. The molecule has 0 aliphatic carbocycles. The maximum atomic E-state index is 13.4. The lowest BCUT2D eigenvalue weighted by molar-refractivity contribution is 0.102. The number of anilines is 1. The van der Waals surface area contributed by atoms with Crippen molar-refractivity contribution in [3.05, 3.63) is 65.0 Å². The average molecular weight is 289 g/mol. The number of thioether (sulfide) groups is 1. The maximum Gasteiger partial charge on any atom is 0.255 e. The Morgan fingerprint density at radius 3 is 2.75 bits per heavy atom. The number of nitrogens with one attached hydrogen (secondary N) is 1. The SMILES string of the molecule is CSCc1cccc(C(=O)Nc2ccc(C)c(F)c2)c1. The standard InChI is InChI=1S/C16H16FNOS/c1-11-6-7-14(9-15(11)17)18-16(19)13-5-3-4-12(8-13)10-20-2/h3-9H,10H2,1-2H3,(H,18,19). The molecule has 2 aromatic carbocycles. The molecule has 0 bridgehead atoms. The van der Waals surface area contributed by atoms with Gasteiger partial charge in [-0.2, -0.15) is 11.8 Å². The monoisotopic (exact) mass is 289 g/mol. The van der Waals surface area contributed by atoms with Crippen molar-refractivity contribution in [3.63, 3.8) is 0 Å². The minimum absolute atomic E-state index is 0.226. The lowest BCUT2D eigenvalue weighted by Gasteiger charge is -2.07. The van der Waals surface area contributed by atoms with Gasteiger partial charge in [0.2, 0.25) is 0 Å². The molecular weight excluding hydrogens is 273 g/mol. The Bertz CT molecular complexity index is 628. The third kappa shape index (κ3) is 3.61. The molecule has 0 saturated heterocycles. The number of amides is 1. The zero-order valence-corrected chi connectivity index (χ0v) is 12.3. The first-order valence-electron chi connectivity index (χ1n) is 6.25. The van der Waals surface area contributed by atoms with E-state index in [-0.39, 0.29) is 11.7 Å². The van der Waals surface area contributed by atoms with Crippen LogP contribution < -0.4 is 5.32 Å². The number of hydrogen-bond acceptors (Lipinski definition) is 2. The van der Waals surface area contributed by atoms with E-state index in [9.17, 15) is 9.18 Å². The van der Waals surface area contributed by atoms with E-state index in [0.717, 1.165) is 11.3 Å². The van der Waals surface area contributed by atoms with Crippen LogP contribution in [0.5, 0.6) is 0 Å². The van der Waals surface area contributed by atoms with Crippen LogP contribution in [-0.4, -0.2) is 12.2 Å². The quantitative estimate of drug-likeness (QED) is 0.911. The van der Waals surface area contributed by atoms with Crippen molar-refractivity contribution in [3.8, 4) is 0 Å².